The van der Waals surface area contributed by atoms with E-state index in [9.17, 15) is 0 Å². The maximum Gasteiger partial charge on any atom is 0.115 e. The van der Waals surface area contributed by atoms with Crippen molar-refractivity contribution in [1.82, 2.24) is 15.3 Å². The van der Waals surface area contributed by atoms with Crippen molar-refractivity contribution in [2.75, 3.05) is 13.7 Å². The third-order valence-electron chi connectivity index (χ3n) is 2.18. The highest BCUT2D eigenvalue weighted by Crippen LogP contribution is 2.23. The van der Waals surface area contributed by atoms with Crippen molar-refractivity contribution >= 4 is 0 Å². The van der Waals surface area contributed by atoms with Gasteiger partial charge in [0.15, 0.2) is 0 Å². The van der Waals surface area contributed by atoms with Gasteiger partial charge < -0.3 is 10.1 Å². The number of hydrogen-bond donors (Lipinski definition) is 1. The summed E-state index contributed by atoms with van der Waals surface area (Å²) < 4.78 is 5.49. The minimum atomic E-state index is 0.0335. The molecule has 0 aromatic carbocycles. The summed E-state index contributed by atoms with van der Waals surface area (Å²) in [5, 5.41) is 3.16. The molecule has 0 fully saturated rings. The van der Waals surface area contributed by atoms with E-state index in [1.54, 1.807) is 18.6 Å². The van der Waals surface area contributed by atoms with Gasteiger partial charge >= 0.3 is 0 Å². The van der Waals surface area contributed by atoms with Gasteiger partial charge in [-0.2, -0.15) is 0 Å². The van der Waals surface area contributed by atoms with Crippen LogP contribution in [0.25, 0.3) is 0 Å². The largest absolute Gasteiger partial charge is 0.496 e. The molecule has 4 heteroatoms. The van der Waals surface area contributed by atoms with E-state index in [1.807, 2.05) is 7.05 Å². The smallest absolute Gasteiger partial charge is 0.115 e. The molecule has 1 atom stereocenters. The number of ether oxygens (including phenoxy) is 1. The van der Waals surface area contributed by atoms with Crippen LogP contribution in [-0.2, 0) is 4.74 Å². The number of likely N-dealkylation sites (N-methyl/N-ethyl adjacent to an activating group) is 1. The van der Waals surface area contributed by atoms with Crippen LogP contribution >= 0.6 is 0 Å². The van der Waals surface area contributed by atoms with E-state index in [0.717, 1.165) is 24.5 Å². The number of hydrogen-bond acceptors (Lipinski definition) is 4. The second-order valence-electron chi connectivity index (χ2n) is 3.10. The zero-order valence-electron chi connectivity index (χ0n) is 8.10. The van der Waals surface area contributed by atoms with Gasteiger partial charge in [0.1, 0.15) is 11.8 Å². The van der Waals surface area contributed by atoms with Gasteiger partial charge in [-0.3, -0.25) is 9.97 Å². The maximum absolute atomic E-state index is 5.49. The van der Waals surface area contributed by atoms with Gasteiger partial charge in [0.25, 0.3) is 0 Å². The highest BCUT2D eigenvalue weighted by molar-refractivity contribution is 5.17. The van der Waals surface area contributed by atoms with E-state index in [4.69, 9.17) is 4.74 Å². The maximum atomic E-state index is 5.49. The molecule has 0 saturated carbocycles. The third-order valence-corrected chi connectivity index (χ3v) is 2.18. The zero-order chi connectivity index (χ0) is 9.80. The summed E-state index contributed by atoms with van der Waals surface area (Å²) in [5.41, 5.74) is 0.892. The van der Waals surface area contributed by atoms with Crippen molar-refractivity contribution < 1.29 is 4.74 Å². The fourth-order valence-corrected chi connectivity index (χ4v) is 1.53. The summed E-state index contributed by atoms with van der Waals surface area (Å²) in [5.74, 6) is 0.952. The molecule has 0 spiro atoms. The number of nitrogens with zero attached hydrogens (tertiary/aromatic N) is 2. The Hall–Kier alpha value is -1.42. The highest BCUT2D eigenvalue weighted by Gasteiger charge is 2.19. The molecule has 1 aliphatic rings. The van der Waals surface area contributed by atoms with Crippen molar-refractivity contribution in [2.45, 2.75) is 12.5 Å². The molecule has 1 aliphatic heterocycles. The first-order valence-electron chi connectivity index (χ1n) is 4.68. The summed E-state index contributed by atoms with van der Waals surface area (Å²) in [6, 6.07) is 0.0335. The molecule has 0 saturated heterocycles. The van der Waals surface area contributed by atoms with Crippen LogP contribution in [0.3, 0.4) is 0 Å². The van der Waals surface area contributed by atoms with Crippen molar-refractivity contribution in [2.24, 2.45) is 0 Å². The minimum absolute atomic E-state index is 0.0335. The van der Waals surface area contributed by atoms with Crippen LogP contribution in [0.5, 0.6) is 0 Å². The van der Waals surface area contributed by atoms with Gasteiger partial charge in [-0.15, -0.1) is 0 Å². The predicted molar refractivity (Wildman–Crippen MR) is 52.5 cm³/mol. The van der Waals surface area contributed by atoms with Crippen molar-refractivity contribution in [3.63, 3.8) is 0 Å². The molecule has 4 nitrogen and oxygen atoms in total. The molecule has 2 rings (SSSR count). The molecule has 74 valence electrons. The fourth-order valence-electron chi connectivity index (χ4n) is 1.53. The normalized spacial score (nSPS) is 17.4. The Kier molecular flexibility index (Phi) is 2.74. The van der Waals surface area contributed by atoms with Crippen LogP contribution in [0.1, 0.15) is 18.2 Å². The van der Waals surface area contributed by atoms with E-state index in [2.05, 4.69) is 21.4 Å². The second-order valence-corrected chi connectivity index (χ2v) is 3.10. The molecule has 1 N–H and O–H groups in total. The monoisotopic (exact) mass is 191 g/mol. The van der Waals surface area contributed by atoms with Gasteiger partial charge in [0.05, 0.1) is 18.5 Å². The SMILES string of the molecule is CNC(C1=CCCO1)c1cnccn1. The third kappa shape index (κ3) is 1.75. The van der Waals surface area contributed by atoms with Gasteiger partial charge in [0, 0.05) is 18.8 Å². The second kappa shape index (κ2) is 4.19. The topological polar surface area (TPSA) is 47.0 Å². The average Bonchev–Trinajstić information content (AvgIpc) is 2.74. The van der Waals surface area contributed by atoms with E-state index < -0.39 is 0 Å². The lowest BCUT2D eigenvalue weighted by atomic mass is 10.1. The molecule has 2 heterocycles. The van der Waals surface area contributed by atoms with Crippen molar-refractivity contribution in [3.8, 4) is 0 Å². The first-order chi connectivity index (χ1) is 6.92. The Morgan fingerprint density at radius 2 is 2.43 bits per heavy atom. The first-order valence-corrected chi connectivity index (χ1v) is 4.68. The number of aromatic nitrogens is 2. The molecule has 14 heavy (non-hydrogen) atoms. The molecule has 0 amide bonds. The number of nitrogens with one attached hydrogen (secondary N) is 1. The Morgan fingerprint density at radius 3 is 3.00 bits per heavy atom. The summed E-state index contributed by atoms with van der Waals surface area (Å²) in [4.78, 5) is 8.29. The molecule has 0 radical (unpaired) electrons. The van der Waals surface area contributed by atoms with Crippen LogP contribution in [0.15, 0.2) is 30.4 Å². The number of rotatable bonds is 3. The van der Waals surface area contributed by atoms with Gasteiger partial charge in [-0.1, -0.05) is 0 Å². The Balaban J connectivity index is 2.21. The van der Waals surface area contributed by atoms with Crippen LogP contribution in [0.4, 0.5) is 0 Å². The summed E-state index contributed by atoms with van der Waals surface area (Å²) in [6.07, 6.45) is 8.18. The van der Waals surface area contributed by atoms with Crippen LogP contribution < -0.4 is 5.32 Å². The van der Waals surface area contributed by atoms with Crippen LogP contribution in [0.2, 0.25) is 0 Å². The Morgan fingerprint density at radius 1 is 1.50 bits per heavy atom. The molecular formula is C10H13N3O. The molecule has 0 bridgehead atoms. The first kappa shape index (κ1) is 9.15. The lowest BCUT2D eigenvalue weighted by Crippen LogP contribution is -2.20. The molecular weight excluding hydrogens is 178 g/mol. The zero-order valence-corrected chi connectivity index (χ0v) is 8.10. The predicted octanol–water partition coefficient (Wildman–Crippen LogP) is 1.04. The summed E-state index contributed by atoms with van der Waals surface area (Å²) in [6.45, 7) is 0.772. The summed E-state index contributed by atoms with van der Waals surface area (Å²) >= 11 is 0. The highest BCUT2D eigenvalue weighted by atomic mass is 16.5. The van der Waals surface area contributed by atoms with E-state index in [0.29, 0.717) is 0 Å². The molecule has 1 unspecified atom stereocenters. The van der Waals surface area contributed by atoms with Crippen LogP contribution in [0, 0.1) is 0 Å². The lowest BCUT2D eigenvalue weighted by molar-refractivity contribution is 0.217. The minimum Gasteiger partial charge on any atom is -0.496 e. The van der Waals surface area contributed by atoms with E-state index in [-0.39, 0.29) is 6.04 Å². The molecule has 1 aromatic heterocycles. The average molecular weight is 191 g/mol. The Bertz CT molecular complexity index is 323. The Labute approximate surface area is 83.0 Å². The standard InChI is InChI=1S/C10H13N3O/c1-11-10(9-3-2-6-14-9)8-7-12-4-5-13-8/h3-5,7,10-11H,2,6H2,1H3. The lowest BCUT2D eigenvalue weighted by Gasteiger charge is -2.15. The van der Waals surface area contributed by atoms with Gasteiger partial charge in [-0.25, -0.2) is 0 Å². The van der Waals surface area contributed by atoms with E-state index >= 15 is 0 Å². The molecule has 1 aromatic rings. The van der Waals surface area contributed by atoms with Crippen LogP contribution in [-0.4, -0.2) is 23.6 Å². The van der Waals surface area contributed by atoms with Gasteiger partial charge in [-0.05, 0) is 13.1 Å². The quantitative estimate of drug-likeness (QED) is 0.775. The van der Waals surface area contributed by atoms with E-state index in [1.165, 1.54) is 0 Å². The summed E-state index contributed by atoms with van der Waals surface area (Å²) in [7, 11) is 1.89. The van der Waals surface area contributed by atoms with Crippen molar-refractivity contribution in [3.05, 3.63) is 36.1 Å². The van der Waals surface area contributed by atoms with Gasteiger partial charge in [0.2, 0.25) is 0 Å². The molecule has 0 aliphatic carbocycles. The fraction of sp³-hybridized carbons (Fsp3) is 0.400. The van der Waals surface area contributed by atoms with Crippen molar-refractivity contribution in [1.29, 1.82) is 0 Å².